The van der Waals surface area contributed by atoms with Crippen LogP contribution in [-0.2, 0) is 0 Å². The van der Waals surface area contributed by atoms with Gasteiger partial charge in [-0.2, -0.15) is 0 Å². The maximum Gasteiger partial charge on any atom is 0.0309 e. The Hall–Kier alpha value is -0.120. The summed E-state index contributed by atoms with van der Waals surface area (Å²) in [6, 6.07) is 2.51. The molecule has 20 heavy (non-hydrogen) atoms. The van der Waals surface area contributed by atoms with Gasteiger partial charge in [0.15, 0.2) is 0 Å². The third-order valence-corrected chi connectivity index (χ3v) is 6.65. The van der Waals surface area contributed by atoms with Gasteiger partial charge in [-0.05, 0) is 58.5 Å². The lowest BCUT2D eigenvalue weighted by molar-refractivity contribution is 0.0124. The Kier molecular flexibility index (Phi) is 3.56. The predicted octanol–water partition coefficient (Wildman–Crippen LogP) is 2.22. The fourth-order valence-electron chi connectivity index (χ4n) is 5.42. The Morgan fingerprint density at radius 1 is 1.00 bits per heavy atom. The molecule has 4 fully saturated rings. The van der Waals surface area contributed by atoms with Crippen molar-refractivity contribution < 1.29 is 0 Å². The summed E-state index contributed by atoms with van der Waals surface area (Å²) < 4.78 is 0. The molecule has 0 bridgehead atoms. The molecule has 3 aliphatic heterocycles. The fraction of sp³-hybridized carbons (Fsp3) is 1.00. The van der Waals surface area contributed by atoms with Gasteiger partial charge in [0.05, 0.1) is 0 Å². The van der Waals surface area contributed by atoms with E-state index in [-0.39, 0.29) is 0 Å². The van der Waals surface area contributed by atoms with Gasteiger partial charge in [0.1, 0.15) is 0 Å². The van der Waals surface area contributed by atoms with E-state index < -0.39 is 0 Å². The van der Waals surface area contributed by atoms with Crippen molar-refractivity contribution in [1.29, 1.82) is 0 Å². The van der Waals surface area contributed by atoms with Crippen LogP contribution in [0.25, 0.3) is 0 Å². The number of hydrogen-bond donors (Lipinski definition) is 1. The molecule has 4 rings (SSSR count). The van der Waals surface area contributed by atoms with Gasteiger partial charge in [0, 0.05) is 36.8 Å². The number of piperazine rings is 1. The van der Waals surface area contributed by atoms with E-state index in [4.69, 9.17) is 0 Å². The summed E-state index contributed by atoms with van der Waals surface area (Å²) in [5.74, 6) is 0. The average Bonchev–Trinajstić information content (AvgIpc) is 3.10. The van der Waals surface area contributed by atoms with Crippen molar-refractivity contribution in [1.82, 2.24) is 15.1 Å². The normalized spacial score (nSPS) is 42.1. The van der Waals surface area contributed by atoms with Gasteiger partial charge in [-0.15, -0.1) is 0 Å². The molecule has 0 radical (unpaired) electrons. The van der Waals surface area contributed by atoms with E-state index in [1.807, 2.05) is 0 Å². The number of rotatable bonds is 1. The van der Waals surface area contributed by atoms with Crippen molar-refractivity contribution in [2.24, 2.45) is 0 Å². The van der Waals surface area contributed by atoms with Crippen LogP contribution in [0, 0.1) is 0 Å². The summed E-state index contributed by atoms with van der Waals surface area (Å²) in [6.07, 6.45) is 11.5. The van der Waals surface area contributed by atoms with Gasteiger partial charge in [0.25, 0.3) is 0 Å². The minimum atomic E-state index is 0.485. The Labute approximate surface area is 124 Å². The number of nitrogens with one attached hydrogen (secondary N) is 1. The van der Waals surface area contributed by atoms with Gasteiger partial charge < -0.3 is 10.2 Å². The highest BCUT2D eigenvalue weighted by molar-refractivity contribution is 5.03. The van der Waals surface area contributed by atoms with E-state index >= 15 is 0 Å². The van der Waals surface area contributed by atoms with Crippen LogP contribution in [-0.4, -0.2) is 59.6 Å². The number of fused-ring (bicyclic) bond motifs is 1. The SMILES string of the molecule is CC1CNC2(CCCC2)CN1C1CCN2CCCC2C1. The molecular formula is C17H31N3. The Bertz CT molecular complexity index is 350. The monoisotopic (exact) mass is 277 g/mol. The predicted molar refractivity (Wildman–Crippen MR) is 83.0 cm³/mol. The summed E-state index contributed by atoms with van der Waals surface area (Å²) in [4.78, 5) is 5.66. The first-order valence-electron chi connectivity index (χ1n) is 9.01. The third kappa shape index (κ3) is 2.32. The standard InChI is InChI=1S/C17H31N3/c1-14-12-18-17(7-2-3-8-17)13-20(14)16-6-10-19-9-4-5-15(19)11-16/h14-16,18H,2-13H2,1H3. The van der Waals surface area contributed by atoms with E-state index in [9.17, 15) is 0 Å². The van der Waals surface area contributed by atoms with Crippen molar-refractivity contribution in [3.63, 3.8) is 0 Å². The first kappa shape index (κ1) is 13.5. The van der Waals surface area contributed by atoms with Gasteiger partial charge in [-0.1, -0.05) is 12.8 Å². The number of nitrogens with zero attached hydrogens (tertiary/aromatic N) is 2. The molecule has 3 atom stereocenters. The molecule has 4 aliphatic rings. The second-order valence-electron chi connectivity index (χ2n) is 7.90. The molecule has 1 N–H and O–H groups in total. The van der Waals surface area contributed by atoms with Crippen LogP contribution in [0.5, 0.6) is 0 Å². The van der Waals surface area contributed by atoms with Crippen molar-refractivity contribution in [2.45, 2.75) is 82.0 Å². The molecule has 3 heterocycles. The molecule has 114 valence electrons. The molecule has 1 aliphatic carbocycles. The smallest absolute Gasteiger partial charge is 0.0309 e. The topological polar surface area (TPSA) is 18.5 Å². The van der Waals surface area contributed by atoms with E-state index in [1.54, 1.807) is 0 Å². The number of piperidine rings is 1. The first-order chi connectivity index (χ1) is 9.76. The zero-order valence-electron chi connectivity index (χ0n) is 13.1. The van der Waals surface area contributed by atoms with Crippen LogP contribution in [0.3, 0.4) is 0 Å². The van der Waals surface area contributed by atoms with Crippen LogP contribution >= 0.6 is 0 Å². The van der Waals surface area contributed by atoms with Crippen molar-refractivity contribution in [3.05, 3.63) is 0 Å². The largest absolute Gasteiger partial charge is 0.308 e. The number of hydrogen-bond acceptors (Lipinski definition) is 3. The molecule has 3 unspecified atom stereocenters. The van der Waals surface area contributed by atoms with Gasteiger partial charge >= 0.3 is 0 Å². The van der Waals surface area contributed by atoms with E-state index in [0.717, 1.165) is 18.1 Å². The summed E-state index contributed by atoms with van der Waals surface area (Å²) in [6.45, 7) is 7.71. The molecule has 0 aromatic rings. The molecule has 1 spiro atoms. The molecule has 0 amide bonds. The highest BCUT2D eigenvalue weighted by Crippen LogP contribution is 2.36. The lowest BCUT2D eigenvalue weighted by Gasteiger charge is -2.51. The van der Waals surface area contributed by atoms with Gasteiger partial charge in [0.2, 0.25) is 0 Å². The molecular weight excluding hydrogens is 246 g/mol. The first-order valence-corrected chi connectivity index (χ1v) is 9.01. The second-order valence-corrected chi connectivity index (χ2v) is 7.90. The Morgan fingerprint density at radius 2 is 1.85 bits per heavy atom. The summed E-state index contributed by atoms with van der Waals surface area (Å²) >= 11 is 0. The summed E-state index contributed by atoms with van der Waals surface area (Å²) in [5.41, 5.74) is 0.485. The zero-order chi connectivity index (χ0) is 13.6. The average molecular weight is 277 g/mol. The zero-order valence-corrected chi connectivity index (χ0v) is 13.1. The van der Waals surface area contributed by atoms with Crippen LogP contribution in [0.15, 0.2) is 0 Å². The van der Waals surface area contributed by atoms with Crippen molar-refractivity contribution in [3.8, 4) is 0 Å². The van der Waals surface area contributed by atoms with Crippen molar-refractivity contribution in [2.75, 3.05) is 26.2 Å². The quantitative estimate of drug-likeness (QED) is 0.793. The van der Waals surface area contributed by atoms with Crippen LogP contribution in [0.1, 0.15) is 58.3 Å². The van der Waals surface area contributed by atoms with Crippen LogP contribution in [0.2, 0.25) is 0 Å². The molecule has 3 heteroatoms. The molecule has 1 saturated carbocycles. The third-order valence-electron chi connectivity index (χ3n) is 6.65. The highest BCUT2D eigenvalue weighted by atomic mass is 15.3. The van der Waals surface area contributed by atoms with E-state index in [1.165, 1.54) is 77.5 Å². The second kappa shape index (κ2) is 5.26. The van der Waals surface area contributed by atoms with Gasteiger partial charge in [-0.3, -0.25) is 4.90 Å². The Morgan fingerprint density at radius 3 is 2.70 bits per heavy atom. The minimum Gasteiger partial charge on any atom is -0.308 e. The molecule has 3 saturated heterocycles. The van der Waals surface area contributed by atoms with Crippen molar-refractivity contribution >= 4 is 0 Å². The summed E-state index contributed by atoms with van der Waals surface area (Å²) in [7, 11) is 0. The minimum absolute atomic E-state index is 0.485. The van der Waals surface area contributed by atoms with Gasteiger partial charge in [-0.25, -0.2) is 0 Å². The maximum atomic E-state index is 3.91. The Balaban J connectivity index is 1.45. The molecule has 3 nitrogen and oxygen atoms in total. The lowest BCUT2D eigenvalue weighted by Crippen LogP contribution is -2.65. The lowest BCUT2D eigenvalue weighted by atomic mass is 9.88. The summed E-state index contributed by atoms with van der Waals surface area (Å²) in [5, 5.41) is 3.91. The van der Waals surface area contributed by atoms with Crippen LogP contribution < -0.4 is 5.32 Å². The van der Waals surface area contributed by atoms with E-state index in [0.29, 0.717) is 5.54 Å². The highest BCUT2D eigenvalue weighted by Gasteiger charge is 2.43. The molecule has 0 aromatic carbocycles. The maximum absolute atomic E-state index is 3.91. The van der Waals surface area contributed by atoms with E-state index in [2.05, 4.69) is 22.0 Å². The molecule has 0 aromatic heterocycles. The fourth-order valence-corrected chi connectivity index (χ4v) is 5.42. The van der Waals surface area contributed by atoms with Crippen LogP contribution in [0.4, 0.5) is 0 Å².